The minimum absolute atomic E-state index is 0.0950. The second-order valence-electron chi connectivity index (χ2n) is 7.48. The van der Waals surface area contributed by atoms with Crippen LogP contribution in [-0.2, 0) is 0 Å². The maximum Gasteiger partial charge on any atom is 0.341 e. The molecule has 7 nitrogen and oxygen atoms in total. The highest BCUT2D eigenvalue weighted by Crippen LogP contribution is 2.46. The number of aromatic carboxylic acids is 1. The fourth-order valence-corrected chi connectivity index (χ4v) is 3.77. The van der Waals surface area contributed by atoms with Crippen LogP contribution in [-0.4, -0.2) is 48.6 Å². The Morgan fingerprint density at radius 2 is 2.07 bits per heavy atom. The lowest BCUT2D eigenvalue weighted by molar-refractivity contribution is 0.0694. The van der Waals surface area contributed by atoms with Crippen molar-refractivity contribution in [1.82, 2.24) is 4.57 Å². The molecule has 2 fully saturated rings. The maximum atomic E-state index is 15.1. The number of halogens is 2. The SMILES string of the molecule is COc1c(N2CC(=C(C)CN)C2)c(F)cc2c(=O)c(C(=O)O)cn(C3CC3F)c12. The van der Waals surface area contributed by atoms with Gasteiger partial charge in [0.25, 0.3) is 0 Å². The number of benzene rings is 1. The molecular formula is C20H21F2N3O4. The van der Waals surface area contributed by atoms with Gasteiger partial charge in [0.2, 0.25) is 5.43 Å². The van der Waals surface area contributed by atoms with Crippen LogP contribution in [0.4, 0.5) is 14.5 Å². The molecule has 3 N–H and O–H groups in total. The molecule has 1 aliphatic heterocycles. The summed E-state index contributed by atoms with van der Waals surface area (Å²) in [6.07, 6.45) is 0.159. The minimum atomic E-state index is -1.44. The van der Waals surface area contributed by atoms with Crippen LogP contribution in [0.25, 0.3) is 10.9 Å². The van der Waals surface area contributed by atoms with Crippen LogP contribution >= 0.6 is 0 Å². The average molecular weight is 405 g/mol. The van der Waals surface area contributed by atoms with Gasteiger partial charge < -0.3 is 25.0 Å². The predicted molar refractivity (Wildman–Crippen MR) is 104 cm³/mol. The van der Waals surface area contributed by atoms with E-state index < -0.39 is 35.0 Å². The number of hydrogen-bond donors (Lipinski definition) is 2. The number of carboxylic acids is 1. The van der Waals surface area contributed by atoms with Crippen LogP contribution in [0.5, 0.6) is 5.75 Å². The molecule has 9 heteroatoms. The van der Waals surface area contributed by atoms with Gasteiger partial charge in [0.05, 0.1) is 24.1 Å². The first-order valence-corrected chi connectivity index (χ1v) is 9.23. The van der Waals surface area contributed by atoms with Gasteiger partial charge in [-0.05, 0) is 18.6 Å². The van der Waals surface area contributed by atoms with Crippen molar-refractivity contribution >= 4 is 22.6 Å². The zero-order valence-corrected chi connectivity index (χ0v) is 16.0. The summed E-state index contributed by atoms with van der Waals surface area (Å²) in [6.45, 7) is 3.26. The van der Waals surface area contributed by atoms with Crippen molar-refractivity contribution in [2.45, 2.75) is 25.6 Å². The van der Waals surface area contributed by atoms with E-state index in [1.807, 2.05) is 6.92 Å². The first-order valence-electron chi connectivity index (χ1n) is 9.23. The van der Waals surface area contributed by atoms with E-state index in [9.17, 15) is 19.1 Å². The standard InChI is InChI=1S/C20H21F2N3O4/c1-9(5-23)10-6-24(7-10)17-14(22)3-11-16(19(17)29-2)25(15-4-13(15)21)8-12(18(11)26)20(27)28/h3,8,13,15H,4-7,23H2,1-2H3,(H,27,28). The first-order chi connectivity index (χ1) is 13.8. The van der Waals surface area contributed by atoms with Gasteiger partial charge in [0, 0.05) is 32.3 Å². The Kier molecular flexibility index (Phi) is 4.57. The fourth-order valence-electron chi connectivity index (χ4n) is 3.77. The molecule has 2 aromatic rings. The number of fused-ring (bicyclic) bond motifs is 1. The fraction of sp³-hybridized carbons (Fsp3) is 0.400. The zero-order valence-electron chi connectivity index (χ0n) is 16.0. The van der Waals surface area contributed by atoms with Crippen LogP contribution < -0.4 is 20.8 Å². The quantitative estimate of drug-likeness (QED) is 0.741. The van der Waals surface area contributed by atoms with E-state index in [4.69, 9.17) is 10.5 Å². The van der Waals surface area contributed by atoms with Gasteiger partial charge in [0.1, 0.15) is 17.4 Å². The normalized spacial score (nSPS) is 20.6. The number of methoxy groups -OCH3 is 1. The molecule has 0 amide bonds. The molecule has 1 saturated heterocycles. The van der Waals surface area contributed by atoms with Crippen LogP contribution in [0.3, 0.4) is 0 Å². The monoisotopic (exact) mass is 405 g/mol. The number of pyridine rings is 1. The molecule has 2 heterocycles. The molecule has 0 bridgehead atoms. The van der Waals surface area contributed by atoms with E-state index in [2.05, 4.69) is 0 Å². The topological polar surface area (TPSA) is 97.8 Å². The smallest absolute Gasteiger partial charge is 0.341 e. The highest BCUT2D eigenvalue weighted by atomic mass is 19.1. The lowest BCUT2D eigenvalue weighted by Gasteiger charge is -2.38. The molecule has 4 rings (SSSR count). The third kappa shape index (κ3) is 2.96. The van der Waals surface area contributed by atoms with E-state index >= 15 is 4.39 Å². The lowest BCUT2D eigenvalue weighted by atomic mass is 9.99. The third-order valence-corrected chi connectivity index (χ3v) is 5.66. The van der Waals surface area contributed by atoms with Crippen molar-refractivity contribution in [2.24, 2.45) is 5.73 Å². The summed E-state index contributed by atoms with van der Waals surface area (Å²) in [5.74, 6) is -2.05. The van der Waals surface area contributed by atoms with Crippen molar-refractivity contribution in [1.29, 1.82) is 0 Å². The number of carboxylic acid groups (broad SMARTS) is 1. The molecule has 1 aliphatic carbocycles. The molecule has 2 aliphatic rings. The number of ether oxygens (including phenoxy) is 1. The number of hydrogen-bond acceptors (Lipinski definition) is 5. The van der Waals surface area contributed by atoms with Gasteiger partial charge >= 0.3 is 5.97 Å². The van der Waals surface area contributed by atoms with Crippen LogP contribution in [0.2, 0.25) is 0 Å². The van der Waals surface area contributed by atoms with Crippen molar-refractivity contribution in [3.63, 3.8) is 0 Å². The zero-order chi connectivity index (χ0) is 21.0. The summed E-state index contributed by atoms with van der Waals surface area (Å²) in [7, 11) is 1.35. The van der Waals surface area contributed by atoms with E-state index in [1.54, 1.807) is 4.90 Å². The van der Waals surface area contributed by atoms with Crippen molar-refractivity contribution in [3.05, 3.63) is 45.0 Å². The van der Waals surface area contributed by atoms with Crippen LogP contribution in [0.1, 0.15) is 29.7 Å². The first kappa shape index (κ1) is 19.4. The molecule has 1 aromatic carbocycles. The molecule has 154 valence electrons. The summed E-state index contributed by atoms with van der Waals surface area (Å²) in [6, 6.07) is 0.403. The molecule has 2 atom stereocenters. The summed E-state index contributed by atoms with van der Waals surface area (Å²) in [5.41, 5.74) is 6.80. The number of alkyl halides is 1. The van der Waals surface area contributed by atoms with Gasteiger partial charge in [0.15, 0.2) is 11.6 Å². The Labute approximate surface area is 165 Å². The van der Waals surface area contributed by atoms with Gasteiger partial charge in [-0.25, -0.2) is 13.6 Å². The largest absolute Gasteiger partial charge is 0.492 e. The summed E-state index contributed by atoms with van der Waals surface area (Å²) in [4.78, 5) is 25.9. The van der Waals surface area contributed by atoms with E-state index in [0.717, 1.165) is 23.4 Å². The van der Waals surface area contributed by atoms with Crippen molar-refractivity contribution in [2.75, 3.05) is 31.6 Å². The van der Waals surface area contributed by atoms with Crippen molar-refractivity contribution in [3.8, 4) is 5.75 Å². The molecule has 1 aromatic heterocycles. The van der Waals surface area contributed by atoms with Crippen molar-refractivity contribution < 1.29 is 23.4 Å². The number of nitrogens with two attached hydrogens (primary N) is 1. The molecular weight excluding hydrogens is 384 g/mol. The Hall–Kier alpha value is -2.94. The van der Waals surface area contributed by atoms with E-state index in [0.29, 0.717) is 19.6 Å². The summed E-state index contributed by atoms with van der Waals surface area (Å²) < 4.78 is 35.8. The van der Waals surface area contributed by atoms with Gasteiger partial charge in [-0.3, -0.25) is 4.79 Å². The van der Waals surface area contributed by atoms with E-state index in [1.165, 1.54) is 11.7 Å². The van der Waals surface area contributed by atoms with Crippen LogP contribution in [0, 0.1) is 5.82 Å². The molecule has 29 heavy (non-hydrogen) atoms. The second-order valence-corrected chi connectivity index (χ2v) is 7.48. The lowest BCUT2D eigenvalue weighted by Crippen LogP contribution is -2.42. The number of carbonyl (C=O) groups is 1. The van der Waals surface area contributed by atoms with Gasteiger partial charge in [-0.2, -0.15) is 0 Å². The molecule has 2 unspecified atom stereocenters. The number of anilines is 1. The Balaban J connectivity index is 1.96. The molecule has 1 saturated carbocycles. The number of rotatable bonds is 5. The Morgan fingerprint density at radius 1 is 1.41 bits per heavy atom. The highest BCUT2D eigenvalue weighted by molar-refractivity contribution is 5.97. The Bertz CT molecular complexity index is 1120. The number of aromatic nitrogens is 1. The second kappa shape index (κ2) is 6.84. The third-order valence-electron chi connectivity index (χ3n) is 5.66. The maximum absolute atomic E-state index is 15.1. The summed E-state index contributed by atoms with van der Waals surface area (Å²) >= 11 is 0. The number of nitrogens with zero attached hydrogens (tertiary/aromatic N) is 2. The minimum Gasteiger partial charge on any atom is -0.492 e. The predicted octanol–water partition coefficient (Wildman–Crippen LogP) is 2.23. The van der Waals surface area contributed by atoms with Crippen LogP contribution in [0.15, 0.2) is 28.2 Å². The molecule has 0 spiro atoms. The highest BCUT2D eigenvalue weighted by Gasteiger charge is 2.41. The van der Waals surface area contributed by atoms with Gasteiger partial charge in [-0.1, -0.05) is 5.57 Å². The Morgan fingerprint density at radius 3 is 2.59 bits per heavy atom. The van der Waals surface area contributed by atoms with E-state index in [-0.39, 0.29) is 28.8 Å². The van der Waals surface area contributed by atoms with Gasteiger partial charge in [-0.15, -0.1) is 0 Å². The summed E-state index contributed by atoms with van der Waals surface area (Å²) in [5, 5.41) is 9.21. The average Bonchev–Trinajstić information content (AvgIpc) is 3.37. The molecule has 0 radical (unpaired) electrons.